The van der Waals surface area contributed by atoms with Gasteiger partial charge in [0.25, 0.3) is 0 Å². The van der Waals surface area contributed by atoms with Crippen LogP contribution in [0.4, 0.5) is 0 Å². The number of rotatable bonds is 0. The highest BCUT2D eigenvalue weighted by Crippen LogP contribution is 2.15. The van der Waals surface area contributed by atoms with Crippen molar-refractivity contribution in [2.75, 3.05) is 0 Å². The summed E-state index contributed by atoms with van der Waals surface area (Å²) in [5.74, 6) is 0. The van der Waals surface area contributed by atoms with Crippen molar-refractivity contribution in [2.45, 2.75) is 45.8 Å². The van der Waals surface area contributed by atoms with Gasteiger partial charge in [-0.1, -0.05) is 19.7 Å². The first-order valence-corrected chi connectivity index (χ1v) is 7.45. The normalized spacial score (nSPS) is 25.3. The monoisotopic (exact) mass is 315 g/mol. The predicted octanol–water partition coefficient (Wildman–Crippen LogP) is 2.98. The van der Waals surface area contributed by atoms with Crippen LogP contribution in [0.5, 0.6) is 0 Å². The molecule has 0 radical (unpaired) electrons. The number of aliphatic imine (C=N–C) groups is 3. The molecule has 2 unspecified atom stereocenters. The zero-order valence-electron chi connectivity index (χ0n) is 14.1. The van der Waals surface area contributed by atoms with Crippen LogP contribution in [0, 0.1) is 0 Å². The molecule has 2 atom stereocenters. The molecule has 5 heteroatoms. The molecule has 0 aliphatic carbocycles. The molecular formula is C18H25N3O2. The molecule has 0 saturated carbocycles. The second-order valence-electron chi connectivity index (χ2n) is 5.63. The van der Waals surface area contributed by atoms with E-state index < -0.39 is 12.2 Å². The van der Waals surface area contributed by atoms with Crippen molar-refractivity contribution < 1.29 is 10.2 Å². The number of nitrogens with zero attached hydrogens (tertiary/aromatic N) is 3. The third-order valence-corrected chi connectivity index (χ3v) is 3.35. The predicted molar refractivity (Wildman–Crippen MR) is 97.1 cm³/mol. The summed E-state index contributed by atoms with van der Waals surface area (Å²) >= 11 is 0. The Labute approximate surface area is 137 Å². The van der Waals surface area contributed by atoms with E-state index in [4.69, 9.17) is 10.2 Å². The molecule has 0 aromatic carbocycles. The molecule has 3 rings (SSSR count). The molecule has 0 aromatic rings. The first kappa shape index (κ1) is 18.9. The summed E-state index contributed by atoms with van der Waals surface area (Å²) in [6, 6.07) is 0. The second-order valence-corrected chi connectivity index (χ2v) is 5.63. The number of allylic oxidation sites excluding steroid dienone is 3. The molecule has 2 N–H and O–H groups in total. The molecule has 0 aromatic heterocycles. The van der Waals surface area contributed by atoms with E-state index in [-0.39, 0.29) is 0 Å². The molecular weight excluding hydrogens is 290 g/mol. The van der Waals surface area contributed by atoms with Gasteiger partial charge in [0.2, 0.25) is 0 Å². The molecule has 3 aliphatic heterocycles. The summed E-state index contributed by atoms with van der Waals surface area (Å²) in [5, 5.41) is 18.0. The standard InChI is InChI=1S/C6H9NO2.C6H9N.C6H7N/c1-3-5(8)6(9)4(2)7-3;2*1-5-3-4-6(2)7-5/h5-6,8-9H,1H2,2H3;1,3-4H2,2H3;3-4H,1H2,2H3. The van der Waals surface area contributed by atoms with Gasteiger partial charge in [-0.2, -0.15) is 0 Å². The number of aliphatic hydroxyl groups is 2. The van der Waals surface area contributed by atoms with E-state index in [0.717, 1.165) is 29.9 Å². The van der Waals surface area contributed by atoms with E-state index in [1.54, 1.807) is 6.92 Å². The van der Waals surface area contributed by atoms with Crippen LogP contribution in [0.15, 0.2) is 64.0 Å². The maximum Gasteiger partial charge on any atom is 0.126 e. The van der Waals surface area contributed by atoms with Crippen molar-refractivity contribution in [1.29, 1.82) is 0 Å². The van der Waals surface area contributed by atoms with Gasteiger partial charge in [-0.3, -0.25) is 15.0 Å². The van der Waals surface area contributed by atoms with Gasteiger partial charge < -0.3 is 10.2 Å². The van der Waals surface area contributed by atoms with E-state index in [2.05, 4.69) is 34.7 Å². The summed E-state index contributed by atoms with van der Waals surface area (Å²) in [6.07, 6.45) is 4.32. The maximum absolute atomic E-state index is 9.00. The lowest BCUT2D eigenvalue weighted by atomic mass is 10.1. The van der Waals surface area contributed by atoms with Gasteiger partial charge in [0.05, 0.1) is 11.4 Å². The van der Waals surface area contributed by atoms with Crippen LogP contribution >= 0.6 is 0 Å². The minimum atomic E-state index is -0.884. The Bertz CT molecular complexity index is 624. The smallest absolute Gasteiger partial charge is 0.126 e. The summed E-state index contributed by atoms with van der Waals surface area (Å²) < 4.78 is 0. The molecule has 0 fully saturated rings. The molecule has 5 nitrogen and oxygen atoms in total. The van der Waals surface area contributed by atoms with Crippen LogP contribution in [0.3, 0.4) is 0 Å². The lowest BCUT2D eigenvalue weighted by Crippen LogP contribution is -2.26. The van der Waals surface area contributed by atoms with Gasteiger partial charge in [-0.15, -0.1) is 0 Å². The van der Waals surface area contributed by atoms with E-state index in [9.17, 15) is 0 Å². The van der Waals surface area contributed by atoms with Crippen LogP contribution in [-0.2, 0) is 0 Å². The highest BCUT2D eigenvalue weighted by Gasteiger charge is 2.27. The summed E-state index contributed by atoms with van der Waals surface area (Å²) in [7, 11) is 0. The average Bonchev–Trinajstić information content (AvgIpc) is 3.10. The van der Waals surface area contributed by atoms with Crippen LogP contribution in [0.2, 0.25) is 0 Å². The topological polar surface area (TPSA) is 77.5 Å². The van der Waals surface area contributed by atoms with Crippen molar-refractivity contribution >= 4 is 17.1 Å². The third-order valence-electron chi connectivity index (χ3n) is 3.35. The van der Waals surface area contributed by atoms with Crippen LogP contribution in [0.25, 0.3) is 0 Å². The Hall–Kier alpha value is -2.11. The quantitative estimate of drug-likeness (QED) is 0.721. The summed E-state index contributed by atoms with van der Waals surface area (Å²) in [6.45, 7) is 16.4. The Morgan fingerprint density at radius 2 is 1.57 bits per heavy atom. The molecule has 3 heterocycles. The Morgan fingerprint density at radius 1 is 0.913 bits per heavy atom. The molecule has 124 valence electrons. The van der Waals surface area contributed by atoms with Crippen molar-refractivity contribution in [3.05, 3.63) is 49.0 Å². The zero-order valence-corrected chi connectivity index (χ0v) is 14.1. The molecule has 0 amide bonds. The van der Waals surface area contributed by atoms with Crippen LogP contribution in [-0.4, -0.2) is 39.6 Å². The molecule has 0 spiro atoms. The van der Waals surface area contributed by atoms with E-state index in [1.165, 1.54) is 5.71 Å². The van der Waals surface area contributed by atoms with Crippen LogP contribution < -0.4 is 0 Å². The van der Waals surface area contributed by atoms with Crippen molar-refractivity contribution in [1.82, 2.24) is 0 Å². The van der Waals surface area contributed by atoms with Gasteiger partial charge in [-0.05, 0) is 45.8 Å². The van der Waals surface area contributed by atoms with E-state index >= 15 is 0 Å². The fourth-order valence-corrected chi connectivity index (χ4v) is 1.99. The Balaban J connectivity index is 0.000000175. The van der Waals surface area contributed by atoms with Gasteiger partial charge in [0.15, 0.2) is 0 Å². The zero-order chi connectivity index (χ0) is 17.6. The third kappa shape index (κ3) is 6.26. The lowest BCUT2D eigenvalue weighted by Gasteiger charge is -2.05. The molecule has 0 bridgehead atoms. The number of hydrogen-bond acceptors (Lipinski definition) is 5. The minimum Gasteiger partial charge on any atom is -0.384 e. The average molecular weight is 315 g/mol. The highest BCUT2D eigenvalue weighted by molar-refractivity contribution is 5.96. The fourth-order valence-electron chi connectivity index (χ4n) is 1.99. The second kappa shape index (κ2) is 8.50. The maximum atomic E-state index is 9.00. The minimum absolute atomic E-state index is 0.347. The van der Waals surface area contributed by atoms with Crippen molar-refractivity contribution in [3.8, 4) is 0 Å². The molecule has 3 aliphatic rings. The largest absolute Gasteiger partial charge is 0.384 e. The number of hydrogen-bond donors (Lipinski definition) is 2. The summed E-state index contributed by atoms with van der Waals surface area (Å²) in [4.78, 5) is 11.9. The summed E-state index contributed by atoms with van der Waals surface area (Å²) in [5.41, 5.74) is 5.05. The lowest BCUT2D eigenvalue weighted by molar-refractivity contribution is 0.0929. The Kier molecular flexibility index (Phi) is 7.00. The molecule has 0 saturated heterocycles. The van der Waals surface area contributed by atoms with Crippen molar-refractivity contribution in [2.24, 2.45) is 15.0 Å². The van der Waals surface area contributed by atoms with Crippen molar-refractivity contribution in [3.63, 3.8) is 0 Å². The molecule has 23 heavy (non-hydrogen) atoms. The van der Waals surface area contributed by atoms with Crippen LogP contribution in [0.1, 0.15) is 33.6 Å². The SMILES string of the molecule is C=C1C=CC(C)=N1.C=C1CCC(C)=N1.C=C1N=C(C)C(O)C1O. The first-order chi connectivity index (χ1) is 10.7. The first-order valence-electron chi connectivity index (χ1n) is 7.45. The number of aliphatic hydroxyl groups excluding tert-OH is 2. The van der Waals surface area contributed by atoms with Gasteiger partial charge >= 0.3 is 0 Å². The van der Waals surface area contributed by atoms with Gasteiger partial charge in [0.1, 0.15) is 12.2 Å². The van der Waals surface area contributed by atoms with Gasteiger partial charge in [0, 0.05) is 22.8 Å². The highest BCUT2D eigenvalue weighted by atomic mass is 16.3. The Morgan fingerprint density at radius 3 is 1.70 bits per heavy atom. The van der Waals surface area contributed by atoms with Gasteiger partial charge in [-0.25, -0.2) is 0 Å². The fraction of sp³-hybridized carbons (Fsp3) is 0.389. The van der Waals surface area contributed by atoms with E-state index in [1.807, 2.05) is 26.0 Å². The van der Waals surface area contributed by atoms with E-state index in [0.29, 0.717) is 11.4 Å².